The number of aromatic nitrogens is 2. The van der Waals surface area contributed by atoms with Crippen molar-refractivity contribution in [3.63, 3.8) is 0 Å². The van der Waals surface area contributed by atoms with Crippen LogP contribution in [0.3, 0.4) is 0 Å². The van der Waals surface area contributed by atoms with E-state index in [2.05, 4.69) is 4.98 Å². The number of nitrogens with one attached hydrogen (secondary N) is 1. The topological polar surface area (TPSA) is 87.6 Å². The summed E-state index contributed by atoms with van der Waals surface area (Å²) in [6.07, 6.45) is 0.748. The SMILES string of the molecule is COC1=c2c(c(=O)[nH]c(=O)n2C2CC2)=CC(F)C1N1CC(CO)C(F)(F)C1. The Bertz CT molecular complexity index is 998. The van der Waals surface area contributed by atoms with Gasteiger partial charge in [-0.2, -0.15) is 0 Å². The van der Waals surface area contributed by atoms with E-state index in [1.165, 1.54) is 16.6 Å². The van der Waals surface area contributed by atoms with Gasteiger partial charge < -0.3 is 9.84 Å². The van der Waals surface area contributed by atoms with Crippen LogP contribution in [0.1, 0.15) is 18.9 Å². The zero-order chi connectivity index (χ0) is 19.5. The number of aliphatic hydroxyl groups is 1. The maximum Gasteiger partial charge on any atom is 0.329 e. The predicted molar refractivity (Wildman–Crippen MR) is 89.5 cm³/mol. The van der Waals surface area contributed by atoms with E-state index in [0.29, 0.717) is 0 Å². The number of rotatable bonds is 4. The molecule has 0 spiro atoms. The van der Waals surface area contributed by atoms with Gasteiger partial charge in [-0.15, -0.1) is 0 Å². The van der Waals surface area contributed by atoms with Crippen LogP contribution in [0.15, 0.2) is 9.59 Å². The Balaban J connectivity index is 1.93. The van der Waals surface area contributed by atoms with E-state index in [1.807, 2.05) is 0 Å². The number of fused-ring (bicyclic) bond motifs is 1. The van der Waals surface area contributed by atoms with Crippen LogP contribution in [0, 0.1) is 5.92 Å². The minimum absolute atomic E-state index is 0.00973. The number of halogens is 3. The highest BCUT2D eigenvalue weighted by molar-refractivity contribution is 5.53. The molecule has 2 aliphatic carbocycles. The van der Waals surface area contributed by atoms with Gasteiger partial charge in [0.15, 0.2) is 0 Å². The van der Waals surface area contributed by atoms with Crippen molar-refractivity contribution in [2.45, 2.75) is 37.0 Å². The smallest absolute Gasteiger partial charge is 0.329 e. The molecule has 3 aliphatic rings. The summed E-state index contributed by atoms with van der Waals surface area (Å²) in [4.78, 5) is 27.9. The number of methoxy groups -OCH3 is 1. The number of H-pyrrole nitrogens is 1. The summed E-state index contributed by atoms with van der Waals surface area (Å²) in [6, 6.07) is -1.33. The Labute approximate surface area is 151 Å². The van der Waals surface area contributed by atoms with E-state index >= 15 is 0 Å². The van der Waals surface area contributed by atoms with Crippen molar-refractivity contribution in [1.82, 2.24) is 14.5 Å². The average Bonchev–Trinajstić information content (AvgIpc) is 3.38. The molecule has 2 N–H and O–H groups in total. The van der Waals surface area contributed by atoms with Crippen LogP contribution in [0.4, 0.5) is 13.2 Å². The zero-order valence-electron chi connectivity index (χ0n) is 14.6. The summed E-state index contributed by atoms with van der Waals surface area (Å²) in [5, 5.41) is 9.36. The fraction of sp³-hybridized carbons (Fsp3) is 0.647. The van der Waals surface area contributed by atoms with Gasteiger partial charge in [-0.05, 0) is 18.9 Å². The van der Waals surface area contributed by atoms with Crippen LogP contribution < -0.4 is 21.8 Å². The molecule has 1 aromatic heterocycles. The molecule has 1 aliphatic heterocycles. The van der Waals surface area contributed by atoms with Gasteiger partial charge in [0.2, 0.25) is 0 Å². The maximum absolute atomic E-state index is 15.0. The molecule has 4 rings (SSSR count). The van der Waals surface area contributed by atoms with Crippen LogP contribution in [-0.2, 0) is 4.74 Å². The summed E-state index contributed by atoms with van der Waals surface area (Å²) in [7, 11) is 1.27. The average molecular weight is 387 g/mol. The molecule has 3 atom stereocenters. The van der Waals surface area contributed by atoms with Gasteiger partial charge >= 0.3 is 5.69 Å². The Morgan fingerprint density at radius 3 is 2.63 bits per heavy atom. The second-order valence-corrected chi connectivity index (χ2v) is 7.32. The number of likely N-dealkylation sites (tertiary alicyclic amines) is 1. The van der Waals surface area contributed by atoms with Gasteiger partial charge in [0.1, 0.15) is 18.0 Å². The normalized spacial score (nSPS) is 30.1. The number of hydrogen-bond acceptors (Lipinski definition) is 5. The third-order valence-electron chi connectivity index (χ3n) is 5.52. The number of aliphatic hydroxyl groups excluding tert-OH is 1. The van der Waals surface area contributed by atoms with E-state index in [1.54, 1.807) is 0 Å². The minimum Gasteiger partial charge on any atom is -0.497 e. The molecule has 0 amide bonds. The van der Waals surface area contributed by atoms with Crippen LogP contribution >= 0.6 is 0 Å². The first-order chi connectivity index (χ1) is 12.8. The monoisotopic (exact) mass is 387 g/mol. The Hall–Kier alpha value is -2.07. The van der Waals surface area contributed by atoms with Gasteiger partial charge in [-0.1, -0.05) is 0 Å². The molecule has 7 nitrogen and oxygen atoms in total. The second-order valence-electron chi connectivity index (χ2n) is 7.32. The molecule has 2 heterocycles. The van der Waals surface area contributed by atoms with Crippen LogP contribution in [0.25, 0.3) is 11.8 Å². The third-order valence-corrected chi connectivity index (χ3v) is 5.52. The summed E-state index contributed by atoms with van der Waals surface area (Å²) < 4.78 is 50.0. The number of ether oxygens (including phenoxy) is 1. The van der Waals surface area contributed by atoms with Crippen LogP contribution in [0.2, 0.25) is 0 Å². The number of aromatic amines is 1. The first-order valence-electron chi connectivity index (χ1n) is 8.80. The number of alkyl halides is 3. The van der Waals surface area contributed by atoms with E-state index in [0.717, 1.165) is 18.9 Å². The number of hydrogen-bond donors (Lipinski definition) is 2. The highest BCUT2D eigenvalue weighted by Gasteiger charge is 2.52. The minimum atomic E-state index is -3.17. The first kappa shape index (κ1) is 18.3. The van der Waals surface area contributed by atoms with Crippen molar-refractivity contribution in [2.24, 2.45) is 5.92 Å². The van der Waals surface area contributed by atoms with Crippen LogP contribution in [-0.4, -0.2) is 64.5 Å². The molecular weight excluding hydrogens is 367 g/mol. The molecule has 10 heteroatoms. The third kappa shape index (κ3) is 2.82. The lowest BCUT2D eigenvalue weighted by Crippen LogP contribution is -2.60. The highest BCUT2D eigenvalue weighted by atomic mass is 19.3. The summed E-state index contributed by atoms with van der Waals surface area (Å²) in [5.41, 5.74) is -1.36. The standard InChI is InChI=1S/C17H20F3N3O4/c1-27-14-12-10(15(25)21-16(26)23(12)9-2-3-9)4-11(18)13(14)22-5-8(6-24)17(19,20)7-22/h4,8-9,11,13,24H,2-3,5-7H2,1H3,(H,21,25,26). The van der Waals surface area contributed by atoms with Gasteiger partial charge in [0, 0.05) is 12.6 Å². The van der Waals surface area contributed by atoms with Crippen molar-refractivity contribution >= 4 is 11.8 Å². The van der Waals surface area contributed by atoms with E-state index in [4.69, 9.17) is 4.74 Å². The summed E-state index contributed by atoms with van der Waals surface area (Å²) >= 11 is 0. The summed E-state index contributed by atoms with van der Waals surface area (Å²) in [5.74, 6) is -4.49. The van der Waals surface area contributed by atoms with E-state index in [-0.39, 0.29) is 28.9 Å². The number of nitrogens with zero attached hydrogens (tertiary/aromatic N) is 2. The highest BCUT2D eigenvalue weighted by Crippen LogP contribution is 2.37. The van der Waals surface area contributed by atoms with Crippen molar-refractivity contribution in [3.05, 3.63) is 31.4 Å². The largest absolute Gasteiger partial charge is 0.497 e. The maximum atomic E-state index is 15.0. The van der Waals surface area contributed by atoms with Gasteiger partial charge in [-0.3, -0.25) is 19.2 Å². The van der Waals surface area contributed by atoms with Gasteiger partial charge in [-0.25, -0.2) is 18.0 Å². The quantitative estimate of drug-likeness (QED) is 0.670. The lowest BCUT2D eigenvalue weighted by atomic mass is 10.0. The predicted octanol–water partition coefficient (Wildman–Crippen LogP) is -1.31. The molecular formula is C17H20F3N3O4. The van der Waals surface area contributed by atoms with Crippen LogP contribution in [0.5, 0.6) is 0 Å². The fourth-order valence-electron chi connectivity index (χ4n) is 4.05. The van der Waals surface area contributed by atoms with Crippen molar-refractivity contribution < 1.29 is 23.0 Å². The summed E-state index contributed by atoms with van der Waals surface area (Å²) in [6.45, 7) is -1.68. The van der Waals surface area contributed by atoms with Crippen molar-refractivity contribution in [3.8, 4) is 0 Å². The molecule has 3 unspecified atom stereocenters. The molecule has 1 aromatic rings. The van der Waals surface area contributed by atoms with Gasteiger partial charge in [0.25, 0.3) is 11.5 Å². The fourth-order valence-corrected chi connectivity index (χ4v) is 4.05. The van der Waals surface area contributed by atoms with Crippen molar-refractivity contribution in [1.29, 1.82) is 0 Å². The molecule has 27 heavy (non-hydrogen) atoms. The first-order valence-corrected chi connectivity index (χ1v) is 8.80. The van der Waals surface area contributed by atoms with E-state index < -0.39 is 48.5 Å². The zero-order valence-corrected chi connectivity index (χ0v) is 14.6. The van der Waals surface area contributed by atoms with Crippen molar-refractivity contribution in [2.75, 3.05) is 26.8 Å². The van der Waals surface area contributed by atoms with Gasteiger partial charge in [0.05, 0.1) is 36.7 Å². The molecule has 0 radical (unpaired) electrons. The molecule has 0 aromatic carbocycles. The lowest BCUT2D eigenvalue weighted by Gasteiger charge is -2.32. The molecule has 1 saturated heterocycles. The lowest BCUT2D eigenvalue weighted by molar-refractivity contribution is -0.0445. The Morgan fingerprint density at radius 1 is 1.37 bits per heavy atom. The second kappa shape index (κ2) is 6.23. The molecule has 2 fully saturated rings. The Morgan fingerprint density at radius 2 is 2.07 bits per heavy atom. The molecule has 148 valence electrons. The molecule has 1 saturated carbocycles. The Kier molecular flexibility index (Phi) is 4.22. The molecule has 0 bridgehead atoms. The van der Waals surface area contributed by atoms with E-state index in [9.17, 15) is 27.9 Å².